The van der Waals surface area contributed by atoms with Gasteiger partial charge in [-0.05, 0) is 12.8 Å². The third-order valence-electron chi connectivity index (χ3n) is 3.11. The average molecular weight is 291 g/mol. The lowest BCUT2D eigenvalue weighted by atomic mass is 10.0. The topological polar surface area (TPSA) is 54.2 Å². The van der Waals surface area contributed by atoms with Crippen molar-refractivity contribution >= 4 is 28.9 Å². The third-order valence-corrected chi connectivity index (χ3v) is 3.92. The maximum Gasteiger partial charge on any atom is 0.180 e. The number of halogens is 1. The van der Waals surface area contributed by atoms with Gasteiger partial charge in [0.1, 0.15) is 0 Å². The van der Waals surface area contributed by atoms with Gasteiger partial charge >= 0.3 is 0 Å². The Kier molecular flexibility index (Phi) is 6.35. The molecule has 0 atom stereocenters. The number of thiazole rings is 1. The molecule has 2 heterocycles. The van der Waals surface area contributed by atoms with Crippen LogP contribution in [0.25, 0.3) is 0 Å². The summed E-state index contributed by atoms with van der Waals surface area (Å²) in [5, 5.41) is 4.29. The summed E-state index contributed by atoms with van der Waals surface area (Å²) in [6.07, 6.45) is 4.39. The summed E-state index contributed by atoms with van der Waals surface area (Å²) >= 11 is 1.60. The molecule has 0 radical (unpaired) electrons. The summed E-state index contributed by atoms with van der Waals surface area (Å²) in [5.41, 5.74) is 5.64. The second-order valence-electron chi connectivity index (χ2n) is 5.04. The van der Waals surface area contributed by atoms with E-state index < -0.39 is 0 Å². The highest BCUT2D eigenvalue weighted by molar-refractivity contribution is 7.15. The van der Waals surface area contributed by atoms with Gasteiger partial charge in [0.05, 0.1) is 0 Å². The number of nitrogens with two attached hydrogens (primary N) is 1. The summed E-state index contributed by atoms with van der Waals surface area (Å²) in [7, 11) is 0. The molecule has 1 fully saturated rings. The van der Waals surface area contributed by atoms with Gasteiger partial charge in [0.25, 0.3) is 0 Å². The summed E-state index contributed by atoms with van der Waals surface area (Å²) < 4.78 is 0. The van der Waals surface area contributed by atoms with Crippen LogP contribution in [0.15, 0.2) is 6.20 Å². The minimum atomic E-state index is 0. The van der Waals surface area contributed by atoms with Gasteiger partial charge in [-0.3, -0.25) is 4.90 Å². The Morgan fingerprint density at radius 1 is 1.50 bits per heavy atom. The van der Waals surface area contributed by atoms with Crippen molar-refractivity contribution in [3.8, 4) is 0 Å². The molecule has 0 unspecified atom stereocenters. The minimum absolute atomic E-state index is 0. The van der Waals surface area contributed by atoms with E-state index in [1.54, 1.807) is 11.3 Å². The fourth-order valence-corrected chi connectivity index (χ4v) is 3.07. The van der Waals surface area contributed by atoms with Crippen molar-refractivity contribution in [1.29, 1.82) is 0 Å². The average Bonchev–Trinajstić information content (AvgIpc) is 2.66. The zero-order valence-corrected chi connectivity index (χ0v) is 12.7. The van der Waals surface area contributed by atoms with Crippen molar-refractivity contribution in [3.63, 3.8) is 0 Å². The molecule has 0 bridgehead atoms. The lowest BCUT2D eigenvalue weighted by Crippen LogP contribution is -2.44. The molecule has 1 aliphatic heterocycles. The standard InChI is InChI=1S/C12H22N4S.ClH/c1-9(2)15-10-3-5-16(6-4-10)8-11-7-14-12(13)17-11;/h7,9-10,15H,3-6,8H2,1-2H3,(H2,13,14);1H. The maximum atomic E-state index is 5.64. The van der Waals surface area contributed by atoms with Gasteiger partial charge in [-0.2, -0.15) is 0 Å². The fourth-order valence-electron chi connectivity index (χ4n) is 2.35. The lowest BCUT2D eigenvalue weighted by molar-refractivity contribution is 0.188. The molecule has 0 spiro atoms. The van der Waals surface area contributed by atoms with Crippen LogP contribution in [0.5, 0.6) is 0 Å². The maximum absolute atomic E-state index is 5.64. The molecule has 2 rings (SSSR count). The van der Waals surface area contributed by atoms with Gasteiger partial charge in [-0.1, -0.05) is 13.8 Å². The van der Waals surface area contributed by atoms with Crippen molar-refractivity contribution in [2.24, 2.45) is 0 Å². The van der Waals surface area contributed by atoms with E-state index >= 15 is 0 Å². The SMILES string of the molecule is CC(C)NC1CCN(Cc2cnc(N)s2)CC1.Cl. The highest BCUT2D eigenvalue weighted by Crippen LogP contribution is 2.19. The normalized spacial score (nSPS) is 17.9. The van der Waals surface area contributed by atoms with E-state index in [2.05, 4.69) is 29.0 Å². The molecule has 4 nitrogen and oxygen atoms in total. The van der Waals surface area contributed by atoms with E-state index in [9.17, 15) is 0 Å². The van der Waals surface area contributed by atoms with Crippen LogP contribution in [0.3, 0.4) is 0 Å². The molecule has 0 saturated carbocycles. The zero-order chi connectivity index (χ0) is 12.3. The minimum Gasteiger partial charge on any atom is -0.375 e. The van der Waals surface area contributed by atoms with Crippen LogP contribution in [0.2, 0.25) is 0 Å². The molecule has 18 heavy (non-hydrogen) atoms. The number of piperidine rings is 1. The predicted molar refractivity (Wildman–Crippen MR) is 80.3 cm³/mol. The first kappa shape index (κ1) is 15.7. The van der Waals surface area contributed by atoms with Crippen molar-refractivity contribution < 1.29 is 0 Å². The Hall–Kier alpha value is -0.360. The van der Waals surface area contributed by atoms with Gasteiger partial charge in [0.2, 0.25) is 0 Å². The molecule has 1 aromatic rings. The van der Waals surface area contributed by atoms with Crippen molar-refractivity contribution in [2.45, 2.75) is 45.3 Å². The Balaban J connectivity index is 0.00000162. The first-order valence-electron chi connectivity index (χ1n) is 6.32. The van der Waals surface area contributed by atoms with E-state index in [-0.39, 0.29) is 12.4 Å². The summed E-state index contributed by atoms with van der Waals surface area (Å²) in [4.78, 5) is 7.86. The Morgan fingerprint density at radius 3 is 2.67 bits per heavy atom. The Labute approximate surface area is 119 Å². The van der Waals surface area contributed by atoms with Crippen LogP contribution in [0.4, 0.5) is 5.13 Å². The molecule has 1 saturated heterocycles. The zero-order valence-electron chi connectivity index (χ0n) is 11.1. The van der Waals surface area contributed by atoms with Crippen LogP contribution >= 0.6 is 23.7 Å². The second kappa shape index (κ2) is 7.28. The number of hydrogen-bond donors (Lipinski definition) is 2. The first-order valence-corrected chi connectivity index (χ1v) is 7.13. The van der Waals surface area contributed by atoms with Crippen LogP contribution in [0.1, 0.15) is 31.6 Å². The summed E-state index contributed by atoms with van der Waals surface area (Å²) in [6, 6.07) is 1.28. The van der Waals surface area contributed by atoms with E-state index in [1.807, 2.05) is 6.20 Å². The van der Waals surface area contributed by atoms with E-state index in [0.29, 0.717) is 17.2 Å². The number of nitrogens with zero attached hydrogens (tertiary/aromatic N) is 2. The number of nitrogen functional groups attached to an aromatic ring is 1. The largest absolute Gasteiger partial charge is 0.375 e. The van der Waals surface area contributed by atoms with E-state index in [0.717, 1.165) is 6.54 Å². The predicted octanol–water partition coefficient (Wildman–Crippen LogP) is 2.11. The first-order chi connectivity index (χ1) is 8.13. The fraction of sp³-hybridized carbons (Fsp3) is 0.750. The highest BCUT2D eigenvalue weighted by atomic mass is 35.5. The molecule has 6 heteroatoms. The molecule has 3 N–H and O–H groups in total. The molecule has 1 aliphatic rings. The van der Waals surface area contributed by atoms with Gasteiger partial charge in [0.15, 0.2) is 5.13 Å². The number of likely N-dealkylation sites (tertiary alicyclic amines) is 1. The van der Waals surface area contributed by atoms with E-state index in [1.165, 1.54) is 30.8 Å². The number of rotatable bonds is 4. The third kappa shape index (κ3) is 4.72. The molecule has 0 amide bonds. The van der Waals surface area contributed by atoms with Crippen molar-refractivity contribution in [2.75, 3.05) is 18.8 Å². The van der Waals surface area contributed by atoms with Gasteiger partial charge in [-0.15, -0.1) is 23.7 Å². The summed E-state index contributed by atoms with van der Waals surface area (Å²) in [5.74, 6) is 0. The molecule has 0 aromatic carbocycles. The smallest absolute Gasteiger partial charge is 0.180 e. The molecule has 1 aromatic heterocycles. The van der Waals surface area contributed by atoms with Crippen molar-refractivity contribution in [1.82, 2.24) is 15.2 Å². The molecular formula is C12H23ClN4S. The quantitative estimate of drug-likeness (QED) is 0.892. The Bertz CT molecular complexity index is 348. The van der Waals surface area contributed by atoms with Crippen LogP contribution in [-0.2, 0) is 6.54 Å². The molecule has 0 aliphatic carbocycles. The molecular weight excluding hydrogens is 268 g/mol. The highest BCUT2D eigenvalue weighted by Gasteiger charge is 2.19. The van der Waals surface area contributed by atoms with Gasteiger partial charge < -0.3 is 11.1 Å². The van der Waals surface area contributed by atoms with Crippen molar-refractivity contribution in [3.05, 3.63) is 11.1 Å². The lowest BCUT2D eigenvalue weighted by Gasteiger charge is -2.33. The van der Waals surface area contributed by atoms with Crippen LogP contribution < -0.4 is 11.1 Å². The Morgan fingerprint density at radius 2 is 2.17 bits per heavy atom. The number of nitrogens with one attached hydrogen (secondary N) is 1. The number of hydrogen-bond acceptors (Lipinski definition) is 5. The monoisotopic (exact) mass is 290 g/mol. The summed E-state index contributed by atoms with van der Waals surface area (Å²) in [6.45, 7) is 7.77. The second-order valence-corrected chi connectivity index (χ2v) is 6.18. The van der Waals surface area contributed by atoms with Gasteiger partial charge in [-0.25, -0.2) is 4.98 Å². The van der Waals surface area contributed by atoms with E-state index in [4.69, 9.17) is 5.73 Å². The van der Waals surface area contributed by atoms with Gasteiger partial charge in [0, 0.05) is 42.8 Å². The number of anilines is 1. The molecule has 104 valence electrons. The van der Waals surface area contributed by atoms with Crippen LogP contribution in [0, 0.1) is 0 Å². The number of aromatic nitrogens is 1. The van der Waals surface area contributed by atoms with Crippen LogP contribution in [-0.4, -0.2) is 35.1 Å².